The van der Waals surface area contributed by atoms with E-state index in [1.54, 1.807) is 13.0 Å². The molecule has 1 aliphatic carbocycles. The van der Waals surface area contributed by atoms with Crippen LogP contribution >= 0.6 is 0 Å². The lowest BCUT2D eigenvalue weighted by Gasteiger charge is -2.27. The first kappa shape index (κ1) is 23.3. The Hall–Kier alpha value is -2.91. The summed E-state index contributed by atoms with van der Waals surface area (Å²) in [6, 6.07) is 9.15. The largest absolute Gasteiger partial charge is 0.455 e. The van der Waals surface area contributed by atoms with E-state index in [2.05, 4.69) is 5.32 Å². The summed E-state index contributed by atoms with van der Waals surface area (Å²) >= 11 is 0. The van der Waals surface area contributed by atoms with Crippen molar-refractivity contribution in [3.8, 4) is 11.3 Å². The number of anilines is 1. The van der Waals surface area contributed by atoms with Gasteiger partial charge in [-0.3, -0.25) is 9.10 Å². The van der Waals surface area contributed by atoms with Gasteiger partial charge in [-0.05, 0) is 60.6 Å². The lowest BCUT2D eigenvalue weighted by atomic mass is 10.00. The predicted octanol–water partition coefficient (Wildman–Crippen LogP) is 3.87. The predicted molar refractivity (Wildman–Crippen MR) is 125 cm³/mol. The number of carbonyl (C=O) groups is 1. The van der Waals surface area contributed by atoms with E-state index in [-0.39, 0.29) is 36.7 Å². The maximum absolute atomic E-state index is 13.5. The van der Waals surface area contributed by atoms with Crippen LogP contribution in [-0.4, -0.2) is 45.9 Å². The SMILES string of the molecule is CNC(=O)c1c(-c2ccc(F)cc2)oc2cc(N(C[C@H](C)CO)S(C)(=O)=O)c(C3CC3)cc12. The number of aliphatic hydroxyl groups excluding tert-OH is 1. The monoisotopic (exact) mass is 474 g/mol. The third kappa shape index (κ3) is 4.60. The maximum atomic E-state index is 13.5. The van der Waals surface area contributed by atoms with Crippen LogP contribution in [0.2, 0.25) is 0 Å². The average molecular weight is 475 g/mol. The molecule has 9 heteroatoms. The van der Waals surface area contributed by atoms with Crippen molar-refractivity contribution in [1.29, 1.82) is 0 Å². The molecule has 3 aromatic rings. The number of aliphatic hydroxyl groups is 1. The van der Waals surface area contributed by atoms with Gasteiger partial charge in [-0.25, -0.2) is 12.8 Å². The van der Waals surface area contributed by atoms with Gasteiger partial charge in [0.2, 0.25) is 10.0 Å². The van der Waals surface area contributed by atoms with Crippen molar-refractivity contribution in [2.24, 2.45) is 5.92 Å². The highest BCUT2D eigenvalue weighted by molar-refractivity contribution is 7.92. The fraction of sp³-hybridized carbons (Fsp3) is 0.375. The number of halogens is 1. The molecule has 4 rings (SSSR count). The molecule has 176 valence electrons. The summed E-state index contributed by atoms with van der Waals surface area (Å²) in [5, 5.41) is 12.7. The lowest BCUT2D eigenvalue weighted by Crippen LogP contribution is -2.35. The van der Waals surface area contributed by atoms with E-state index >= 15 is 0 Å². The Bertz CT molecular complexity index is 1300. The fourth-order valence-corrected chi connectivity index (χ4v) is 5.04. The summed E-state index contributed by atoms with van der Waals surface area (Å²) < 4.78 is 46.3. The Kier molecular flexibility index (Phi) is 6.20. The molecule has 7 nitrogen and oxygen atoms in total. The van der Waals surface area contributed by atoms with E-state index in [0.29, 0.717) is 27.8 Å². The van der Waals surface area contributed by atoms with Crippen molar-refractivity contribution in [3.05, 3.63) is 53.3 Å². The summed E-state index contributed by atoms with van der Waals surface area (Å²) in [7, 11) is -2.12. The molecule has 1 heterocycles. The van der Waals surface area contributed by atoms with Crippen molar-refractivity contribution < 1.29 is 27.1 Å². The molecular formula is C24H27FN2O5S. The Labute approximate surface area is 192 Å². The molecule has 2 N–H and O–H groups in total. The minimum absolute atomic E-state index is 0.119. The zero-order chi connectivity index (χ0) is 23.9. The molecule has 1 saturated carbocycles. The number of hydrogen-bond donors (Lipinski definition) is 2. The molecule has 0 spiro atoms. The zero-order valence-electron chi connectivity index (χ0n) is 18.8. The lowest BCUT2D eigenvalue weighted by molar-refractivity contribution is 0.0964. The molecule has 0 saturated heterocycles. The second kappa shape index (κ2) is 8.79. The zero-order valence-corrected chi connectivity index (χ0v) is 19.6. The van der Waals surface area contributed by atoms with E-state index < -0.39 is 15.8 Å². The van der Waals surface area contributed by atoms with Gasteiger partial charge in [0.1, 0.15) is 17.2 Å². The third-order valence-corrected chi connectivity index (χ3v) is 7.02. The average Bonchev–Trinajstić information content (AvgIpc) is 3.56. The summed E-state index contributed by atoms with van der Waals surface area (Å²) in [5.74, 6) is -0.555. The molecule has 0 bridgehead atoms. The normalized spacial score (nSPS) is 14.9. The fourth-order valence-electron chi connectivity index (χ4n) is 3.99. The number of hydrogen-bond acceptors (Lipinski definition) is 5. The van der Waals surface area contributed by atoms with Gasteiger partial charge in [-0.2, -0.15) is 0 Å². The van der Waals surface area contributed by atoms with E-state index in [9.17, 15) is 22.7 Å². The van der Waals surface area contributed by atoms with Gasteiger partial charge >= 0.3 is 0 Å². The van der Waals surface area contributed by atoms with E-state index in [1.165, 1.54) is 35.6 Å². The van der Waals surface area contributed by atoms with E-state index in [1.807, 2.05) is 6.07 Å². The Morgan fingerprint density at radius 3 is 2.48 bits per heavy atom. The first-order valence-corrected chi connectivity index (χ1v) is 12.7. The summed E-state index contributed by atoms with van der Waals surface area (Å²) in [6.07, 6.45) is 2.98. The first-order valence-electron chi connectivity index (χ1n) is 10.8. The molecule has 1 amide bonds. The van der Waals surface area contributed by atoms with Gasteiger partial charge in [0.25, 0.3) is 5.91 Å². The van der Waals surface area contributed by atoms with Crippen LogP contribution in [0, 0.1) is 11.7 Å². The Morgan fingerprint density at radius 1 is 1.27 bits per heavy atom. The highest BCUT2D eigenvalue weighted by Crippen LogP contribution is 2.48. The van der Waals surface area contributed by atoms with Crippen molar-refractivity contribution >= 4 is 32.6 Å². The molecule has 1 aromatic heterocycles. The van der Waals surface area contributed by atoms with Crippen LogP contribution in [0.5, 0.6) is 0 Å². The number of sulfonamides is 1. The molecule has 1 aliphatic rings. The quantitative estimate of drug-likeness (QED) is 0.516. The van der Waals surface area contributed by atoms with Gasteiger partial charge in [0, 0.05) is 37.2 Å². The molecule has 0 aliphatic heterocycles. The van der Waals surface area contributed by atoms with Gasteiger partial charge in [0.15, 0.2) is 0 Å². The number of amides is 1. The van der Waals surface area contributed by atoms with Crippen LogP contribution in [0.3, 0.4) is 0 Å². The molecule has 2 aromatic carbocycles. The van der Waals surface area contributed by atoms with Crippen LogP contribution in [0.1, 0.15) is 41.6 Å². The molecule has 1 fully saturated rings. The van der Waals surface area contributed by atoms with Crippen LogP contribution in [0.4, 0.5) is 10.1 Å². The Balaban J connectivity index is 1.97. The van der Waals surface area contributed by atoms with E-state index in [4.69, 9.17) is 4.42 Å². The third-order valence-electron chi connectivity index (χ3n) is 5.87. The molecule has 0 radical (unpaired) electrons. The smallest absolute Gasteiger partial charge is 0.255 e. The minimum atomic E-state index is -3.64. The molecule has 1 atom stereocenters. The maximum Gasteiger partial charge on any atom is 0.255 e. The molecule has 33 heavy (non-hydrogen) atoms. The van der Waals surface area contributed by atoms with Crippen molar-refractivity contribution in [2.75, 3.05) is 30.8 Å². The van der Waals surface area contributed by atoms with Crippen LogP contribution < -0.4 is 9.62 Å². The first-order chi connectivity index (χ1) is 15.6. The van der Waals surface area contributed by atoms with Gasteiger partial charge in [-0.15, -0.1) is 0 Å². The standard InChI is InChI=1S/C24H27FN2O5S/c1-14(13-28)12-27(33(3,30)31)20-11-21-19(10-18(20)15-4-5-15)22(24(29)26-2)23(32-21)16-6-8-17(25)9-7-16/h6-11,14-15,28H,4-5,12-13H2,1-3H3,(H,26,29)/t14-/m0/s1. The van der Waals surface area contributed by atoms with Crippen LogP contribution in [0.25, 0.3) is 22.3 Å². The van der Waals surface area contributed by atoms with Crippen LogP contribution in [-0.2, 0) is 10.0 Å². The second-order valence-electron chi connectivity index (χ2n) is 8.66. The number of carbonyl (C=O) groups excluding carboxylic acids is 1. The van der Waals surface area contributed by atoms with Crippen molar-refractivity contribution in [2.45, 2.75) is 25.7 Å². The molecule has 0 unspecified atom stereocenters. The number of nitrogens with zero attached hydrogens (tertiary/aromatic N) is 1. The van der Waals surface area contributed by atoms with Gasteiger partial charge < -0.3 is 14.8 Å². The summed E-state index contributed by atoms with van der Waals surface area (Å²) in [4.78, 5) is 12.8. The summed E-state index contributed by atoms with van der Waals surface area (Å²) in [6.45, 7) is 1.74. The number of benzene rings is 2. The number of furan rings is 1. The van der Waals surface area contributed by atoms with Gasteiger partial charge in [-0.1, -0.05) is 6.92 Å². The highest BCUT2D eigenvalue weighted by atomic mass is 32.2. The number of rotatable bonds is 8. The van der Waals surface area contributed by atoms with Crippen LogP contribution in [0.15, 0.2) is 40.8 Å². The number of fused-ring (bicyclic) bond motifs is 1. The second-order valence-corrected chi connectivity index (χ2v) is 10.6. The Morgan fingerprint density at radius 2 is 1.94 bits per heavy atom. The van der Waals surface area contributed by atoms with Crippen molar-refractivity contribution in [1.82, 2.24) is 5.32 Å². The van der Waals surface area contributed by atoms with Crippen molar-refractivity contribution in [3.63, 3.8) is 0 Å². The summed E-state index contributed by atoms with van der Waals surface area (Å²) in [5.41, 5.74) is 2.54. The topological polar surface area (TPSA) is 99.8 Å². The molecular weight excluding hydrogens is 447 g/mol. The highest BCUT2D eigenvalue weighted by Gasteiger charge is 2.33. The number of nitrogens with one attached hydrogen (secondary N) is 1. The minimum Gasteiger partial charge on any atom is -0.455 e. The van der Waals surface area contributed by atoms with Gasteiger partial charge in [0.05, 0.1) is 17.5 Å². The van der Waals surface area contributed by atoms with E-state index in [0.717, 1.165) is 24.7 Å².